The van der Waals surface area contributed by atoms with E-state index in [9.17, 15) is 0 Å². The smallest absolute Gasteiger partial charge is 0.160 e. The van der Waals surface area contributed by atoms with Gasteiger partial charge in [0.05, 0.1) is 11.4 Å². The van der Waals surface area contributed by atoms with Crippen molar-refractivity contribution in [3.63, 3.8) is 0 Å². The van der Waals surface area contributed by atoms with E-state index in [2.05, 4.69) is 220 Å². The van der Waals surface area contributed by atoms with Crippen molar-refractivity contribution in [3.8, 4) is 67.3 Å². The van der Waals surface area contributed by atoms with Crippen molar-refractivity contribution >= 4 is 43.1 Å². The summed E-state index contributed by atoms with van der Waals surface area (Å²) in [5.41, 5.74) is 15.2. The van der Waals surface area contributed by atoms with Crippen molar-refractivity contribution in [2.24, 2.45) is 0 Å². The largest absolute Gasteiger partial charge is 0.228 e. The van der Waals surface area contributed by atoms with Gasteiger partial charge in [-0.15, -0.1) is 0 Å². The summed E-state index contributed by atoms with van der Waals surface area (Å²) in [6.07, 6.45) is 0. The molecule has 286 valence electrons. The maximum absolute atomic E-state index is 5.34. The molecule has 2 nitrogen and oxygen atoms in total. The molecule has 0 aliphatic heterocycles. The summed E-state index contributed by atoms with van der Waals surface area (Å²) < 4.78 is 0. The minimum absolute atomic E-state index is 0.0843. The Hall–Kier alpha value is -7.68. The molecule has 0 unspecified atom stereocenters. The van der Waals surface area contributed by atoms with Crippen LogP contribution in [0.15, 0.2) is 206 Å². The summed E-state index contributed by atoms with van der Waals surface area (Å²) in [6, 6.07) is 75.0. The molecule has 2 heteroatoms. The third kappa shape index (κ3) is 5.71. The van der Waals surface area contributed by atoms with Gasteiger partial charge in [-0.1, -0.05) is 196 Å². The lowest BCUT2D eigenvalue weighted by Gasteiger charge is -2.22. The van der Waals surface area contributed by atoms with Crippen LogP contribution in [0.2, 0.25) is 0 Å². The van der Waals surface area contributed by atoms with E-state index in [0.29, 0.717) is 5.82 Å². The molecule has 0 N–H and O–H groups in total. The summed E-state index contributed by atoms with van der Waals surface area (Å²) in [4.78, 5) is 10.7. The molecule has 1 aliphatic carbocycles. The topological polar surface area (TPSA) is 25.8 Å². The van der Waals surface area contributed by atoms with Crippen LogP contribution >= 0.6 is 0 Å². The lowest BCUT2D eigenvalue weighted by molar-refractivity contribution is 0.661. The number of nitrogens with zero attached hydrogens (tertiary/aromatic N) is 2. The van der Waals surface area contributed by atoms with E-state index in [1.807, 2.05) is 0 Å². The molecular weight excluding hydrogens is 737 g/mol. The molecule has 61 heavy (non-hydrogen) atoms. The lowest BCUT2D eigenvalue weighted by atomic mass is 9.81. The van der Waals surface area contributed by atoms with E-state index < -0.39 is 0 Å². The summed E-state index contributed by atoms with van der Waals surface area (Å²) in [5.74, 6) is 0.703. The molecule has 10 aromatic carbocycles. The van der Waals surface area contributed by atoms with Crippen LogP contribution in [0, 0.1) is 0 Å². The highest BCUT2D eigenvalue weighted by Crippen LogP contribution is 2.53. The molecule has 0 saturated carbocycles. The average molecular weight is 777 g/mol. The van der Waals surface area contributed by atoms with Crippen LogP contribution in [0.5, 0.6) is 0 Å². The minimum atomic E-state index is -0.0843. The molecule has 12 rings (SSSR count). The van der Waals surface area contributed by atoms with E-state index in [4.69, 9.17) is 9.97 Å². The van der Waals surface area contributed by atoms with E-state index in [0.717, 1.165) is 28.1 Å². The molecular formula is C59H40N2. The molecule has 0 amide bonds. The molecule has 1 aromatic heterocycles. The van der Waals surface area contributed by atoms with Crippen LogP contribution < -0.4 is 0 Å². The van der Waals surface area contributed by atoms with Crippen molar-refractivity contribution in [1.82, 2.24) is 9.97 Å². The van der Waals surface area contributed by atoms with Gasteiger partial charge in [0.15, 0.2) is 5.82 Å². The van der Waals surface area contributed by atoms with Crippen LogP contribution in [0.1, 0.15) is 25.0 Å². The highest BCUT2D eigenvalue weighted by Gasteiger charge is 2.37. The standard InChI is InChI=1S/C59H40N2/c1-59(2)53-26-12-23-48(57(53)52-33-42-15-3-4-16-43(42)35-54(52)59)41-29-27-40(28-30-41)47-22-9-19-39-31-32-44(34-51(39)47)58-60-55(49-24-10-17-37-13-5-7-20-45(37)49)36-56(61-58)50-25-11-18-38-14-6-8-21-46(38)50/h3-36H,1-2H3. The number of hydrogen-bond acceptors (Lipinski definition) is 2. The maximum Gasteiger partial charge on any atom is 0.160 e. The van der Waals surface area contributed by atoms with E-state index >= 15 is 0 Å². The fraction of sp³-hybridized carbons (Fsp3) is 0.0508. The van der Waals surface area contributed by atoms with E-state index in [1.54, 1.807) is 0 Å². The van der Waals surface area contributed by atoms with Gasteiger partial charge >= 0.3 is 0 Å². The Morgan fingerprint density at radius 2 is 0.787 bits per heavy atom. The van der Waals surface area contributed by atoms with Gasteiger partial charge in [0.25, 0.3) is 0 Å². The van der Waals surface area contributed by atoms with Crippen LogP contribution in [0.25, 0.3) is 110 Å². The third-order valence-corrected chi connectivity index (χ3v) is 13.1. The minimum Gasteiger partial charge on any atom is -0.228 e. The summed E-state index contributed by atoms with van der Waals surface area (Å²) >= 11 is 0. The molecule has 1 aliphatic rings. The van der Waals surface area contributed by atoms with E-state index in [-0.39, 0.29) is 5.41 Å². The van der Waals surface area contributed by atoms with Crippen molar-refractivity contribution in [3.05, 3.63) is 217 Å². The van der Waals surface area contributed by atoms with Gasteiger partial charge in [0.2, 0.25) is 0 Å². The summed E-state index contributed by atoms with van der Waals surface area (Å²) in [5, 5.41) is 9.63. The van der Waals surface area contributed by atoms with Gasteiger partial charge < -0.3 is 0 Å². The van der Waals surface area contributed by atoms with Crippen molar-refractivity contribution in [1.29, 1.82) is 0 Å². The fourth-order valence-electron chi connectivity index (χ4n) is 9.96. The first-order chi connectivity index (χ1) is 30.0. The molecule has 0 radical (unpaired) electrons. The Morgan fingerprint density at radius 1 is 0.311 bits per heavy atom. The number of aromatic nitrogens is 2. The van der Waals surface area contributed by atoms with Crippen molar-refractivity contribution in [2.75, 3.05) is 0 Å². The van der Waals surface area contributed by atoms with Crippen LogP contribution in [0.4, 0.5) is 0 Å². The Kier molecular flexibility index (Phi) is 7.92. The number of hydrogen-bond donors (Lipinski definition) is 0. The third-order valence-electron chi connectivity index (χ3n) is 13.1. The Morgan fingerprint density at radius 3 is 1.43 bits per heavy atom. The monoisotopic (exact) mass is 776 g/mol. The molecule has 0 bridgehead atoms. The van der Waals surface area contributed by atoms with Gasteiger partial charge in [-0.3, -0.25) is 0 Å². The van der Waals surface area contributed by atoms with Crippen molar-refractivity contribution < 1.29 is 0 Å². The van der Waals surface area contributed by atoms with Gasteiger partial charge in [-0.05, 0) is 112 Å². The second-order valence-electron chi connectivity index (χ2n) is 16.9. The first kappa shape index (κ1) is 35.3. The zero-order chi connectivity index (χ0) is 40.7. The second kappa shape index (κ2) is 13.7. The Balaban J connectivity index is 0.982. The summed E-state index contributed by atoms with van der Waals surface area (Å²) in [6.45, 7) is 4.73. The first-order valence-electron chi connectivity index (χ1n) is 21.1. The van der Waals surface area contributed by atoms with E-state index in [1.165, 1.54) is 87.6 Å². The van der Waals surface area contributed by atoms with Crippen LogP contribution in [0.3, 0.4) is 0 Å². The number of benzene rings is 10. The normalized spacial score (nSPS) is 12.9. The van der Waals surface area contributed by atoms with Crippen molar-refractivity contribution in [2.45, 2.75) is 19.3 Å². The SMILES string of the molecule is CC1(C)c2cc3ccccc3cc2-c2c(-c3ccc(-c4cccc5ccc(-c6nc(-c7cccc8ccccc78)cc(-c7cccc8ccccc78)n6)cc45)cc3)cccc21. The zero-order valence-electron chi connectivity index (χ0n) is 34.0. The number of fused-ring (bicyclic) bond motifs is 7. The molecule has 11 aromatic rings. The Labute approximate surface area is 355 Å². The first-order valence-corrected chi connectivity index (χ1v) is 21.1. The maximum atomic E-state index is 5.34. The molecule has 1 heterocycles. The van der Waals surface area contributed by atoms with Gasteiger partial charge in [0, 0.05) is 22.1 Å². The summed E-state index contributed by atoms with van der Waals surface area (Å²) in [7, 11) is 0. The van der Waals surface area contributed by atoms with Gasteiger partial charge in [-0.25, -0.2) is 9.97 Å². The highest BCUT2D eigenvalue weighted by atomic mass is 14.9. The fourth-order valence-corrected chi connectivity index (χ4v) is 9.96. The highest BCUT2D eigenvalue weighted by molar-refractivity contribution is 6.02. The van der Waals surface area contributed by atoms with Crippen LogP contribution in [-0.4, -0.2) is 9.97 Å². The lowest BCUT2D eigenvalue weighted by Crippen LogP contribution is -2.14. The quantitative estimate of drug-likeness (QED) is 0.174. The Bertz CT molecular complexity index is 3450. The predicted octanol–water partition coefficient (Wildman–Crippen LogP) is 15.7. The number of rotatable bonds is 5. The molecule has 0 spiro atoms. The average Bonchev–Trinajstić information content (AvgIpc) is 3.54. The molecule has 0 fully saturated rings. The predicted molar refractivity (Wildman–Crippen MR) is 257 cm³/mol. The van der Waals surface area contributed by atoms with Gasteiger partial charge in [0.1, 0.15) is 0 Å². The van der Waals surface area contributed by atoms with Gasteiger partial charge in [-0.2, -0.15) is 0 Å². The zero-order valence-corrected chi connectivity index (χ0v) is 34.0. The second-order valence-corrected chi connectivity index (χ2v) is 16.9. The molecule has 0 atom stereocenters. The molecule has 0 saturated heterocycles. The van der Waals surface area contributed by atoms with Crippen LogP contribution in [-0.2, 0) is 5.41 Å².